The van der Waals surface area contributed by atoms with Gasteiger partial charge in [-0.25, -0.2) is 0 Å². The zero-order chi connectivity index (χ0) is 17.4. The summed E-state index contributed by atoms with van der Waals surface area (Å²) in [5.41, 5.74) is 1.14. The molecule has 0 aliphatic rings. The Labute approximate surface area is 142 Å². The predicted octanol–water partition coefficient (Wildman–Crippen LogP) is 2.97. The molecule has 2 aromatic rings. The standard InChI is InChI=1S/C19H23NO4/c1-14-6-4-8-17(12-14)23-11-10-20-19(21)15(2)24-18-9-5-7-16(13-18)22-3/h4-9,12-13,15H,10-11H2,1-3H3,(H,20,21). The second-order valence-corrected chi connectivity index (χ2v) is 5.40. The van der Waals surface area contributed by atoms with Crippen molar-refractivity contribution >= 4 is 5.91 Å². The molecule has 1 atom stereocenters. The van der Waals surface area contributed by atoms with Gasteiger partial charge >= 0.3 is 0 Å². The number of benzene rings is 2. The average Bonchev–Trinajstić information content (AvgIpc) is 2.58. The van der Waals surface area contributed by atoms with Gasteiger partial charge in [-0.05, 0) is 43.7 Å². The third kappa shape index (κ3) is 5.50. The molecular formula is C19H23NO4. The van der Waals surface area contributed by atoms with Crippen LogP contribution in [-0.4, -0.2) is 32.3 Å². The fraction of sp³-hybridized carbons (Fsp3) is 0.316. The Bertz CT molecular complexity index is 672. The lowest BCUT2D eigenvalue weighted by Crippen LogP contribution is -2.38. The van der Waals surface area contributed by atoms with Crippen molar-refractivity contribution in [2.24, 2.45) is 0 Å². The zero-order valence-corrected chi connectivity index (χ0v) is 14.2. The second kappa shape index (κ2) is 8.82. The summed E-state index contributed by atoms with van der Waals surface area (Å²) in [5, 5.41) is 2.80. The molecule has 0 fully saturated rings. The van der Waals surface area contributed by atoms with Crippen LogP contribution in [0.2, 0.25) is 0 Å². The van der Waals surface area contributed by atoms with Crippen LogP contribution in [-0.2, 0) is 4.79 Å². The van der Waals surface area contributed by atoms with E-state index in [0.29, 0.717) is 24.7 Å². The Morgan fingerprint density at radius 1 is 1.08 bits per heavy atom. The summed E-state index contributed by atoms with van der Waals surface area (Å²) in [6.07, 6.45) is -0.601. The Balaban J connectivity index is 1.73. The summed E-state index contributed by atoms with van der Waals surface area (Å²) in [5.74, 6) is 1.88. The van der Waals surface area contributed by atoms with Gasteiger partial charge in [0.2, 0.25) is 0 Å². The molecule has 1 N–H and O–H groups in total. The number of methoxy groups -OCH3 is 1. The maximum absolute atomic E-state index is 12.0. The highest BCUT2D eigenvalue weighted by Gasteiger charge is 2.14. The van der Waals surface area contributed by atoms with Crippen LogP contribution in [0.4, 0.5) is 0 Å². The lowest BCUT2D eigenvalue weighted by molar-refractivity contribution is -0.127. The number of hydrogen-bond donors (Lipinski definition) is 1. The number of nitrogens with one attached hydrogen (secondary N) is 1. The van der Waals surface area contributed by atoms with E-state index in [1.165, 1.54) is 0 Å². The van der Waals surface area contributed by atoms with Crippen LogP contribution in [0.15, 0.2) is 48.5 Å². The minimum absolute atomic E-state index is 0.189. The number of amides is 1. The highest BCUT2D eigenvalue weighted by molar-refractivity contribution is 5.80. The molecule has 0 saturated carbocycles. The highest BCUT2D eigenvalue weighted by Crippen LogP contribution is 2.19. The lowest BCUT2D eigenvalue weighted by Gasteiger charge is -2.15. The van der Waals surface area contributed by atoms with Gasteiger partial charge in [-0.15, -0.1) is 0 Å². The molecule has 5 nitrogen and oxygen atoms in total. The van der Waals surface area contributed by atoms with Gasteiger partial charge in [0.1, 0.15) is 23.9 Å². The van der Waals surface area contributed by atoms with Crippen molar-refractivity contribution < 1.29 is 19.0 Å². The van der Waals surface area contributed by atoms with Gasteiger partial charge in [-0.3, -0.25) is 4.79 Å². The molecule has 0 aromatic heterocycles. The van der Waals surface area contributed by atoms with Crippen molar-refractivity contribution in [1.82, 2.24) is 5.32 Å². The van der Waals surface area contributed by atoms with Gasteiger partial charge in [0.15, 0.2) is 6.10 Å². The average molecular weight is 329 g/mol. The van der Waals surface area contributed by atoms with Crippen molar-refractivity contribution in [3.63, 3.8) is 0 Å². The van der Waals surface area contributed by atoms with E-state index in [1.54, 1.807) is 26.2 Å². The van der Waals surface area contributed by atoms with Crippen LogP contribution in [0.25, 0.3) is 0 Å². The first-order valence-electron chi connectivity index (χ1n) is 7.86. The molecule has 0 spiro atoms. The van der Waals surface area contributed by atoms with Crippen molar-refractivity contribution in [2.45, 2.75) is 20.0 Å². The van der Waals surface area contributed by atoms with Crippen molar-refractivity contribution in [1.29, 1.82) is 0 Å². The van der Waals surface area contributed by atoms with Crippen LogP contribution in [0.5, 0.6) is 17.2 Å². The van der Waals surface area contributed by atoms with E-state index in [1.807, 2.05) is 43.3 Å². The Morgan fingerprint density at radius 2 is 1.79 bits per heavy atom. The first-order valence-corrected chi connectivity index (χ1v) is 7.86. The minimum atomic E-state index is -0.601. The highest BCUT2D eigenvalue weighted by atomic mass is 16.5. The predicted molar refractivity (Wildman–Crippen MR) is 92.8 cm³/mol. The Morgan fingerprint density at radius 3 is 2.54 bits per heavy atom. The monoisotopic (exact) mass is 329 g/mol. The summed E-state index contributed by atoms with van der Waals surface area (Å²) >= 11 is 0. The summed E-state index contributed by atoms with van der Waals surface area (Å²) in [6.45, 7) is 4.53. The molecular weight excluding hydrogens is 306 g/mol. The third-order valence-electron chi connectivity index (χ3n) is 3.38. The second-order valence-electron chi connectivity index (χ2n) is 5.40. The summed E-state index contributed by atoms with van der Waals surface area (Å²) in [4.78, 5) is 12.0. The molecule has 24 heavy (non-hydrogen) atoms. The van der Waals surface area contributed by atoms with Crippen LogP contribution < -0.4 is 19.5 Å². The van der Waals surface area contributed by atoms with E-state index in [2.05, 4.69) is 5.32 Å². The van der Waals surface area contributed by atoms with E-state index >= 15 is 0 Å². The fourth-order valence-corrected chi connectivity index (χ4v) is 2.12. The smallest absolute Gasteiger partial charge is 0.260 e. The van der Waals surface area contributed by atoms with E-state index in [9.17, 15) is 4.79 Å². The molecule has 0 heterocycles. The van der Waals surface area contributed by atoms with Crippen LogP contribution in [0.1, 0.15) is 12.5 Å². The molecule has 0 bridgehead atoms. The fourth-order valence-electron chi connectivity index (χ4n) is 2.12. The lowest BCUT2D eigenvalue weighted by atomic mass is 10.2. The van der Waals surface area contributed by atoms with Crippen LogP contribution in [0, 0.1) is 6.92 Å². The van der Waals surface area contributed by atoms with Gasteiger partial charge in [-0.1, -0.05) is 18.2 Å². The molecule has 1 unspecified atom stereocenters. The maximum Gasteiger partial charge on any atom is 0.260 e. The molecule has 0 aliphatic carbocycles. The van der Waals surface area contributed by atoms with Gasteiger partial charge < -0.3 is 19.5 Å². The third-order valence-corrected chi connectivity index (χ3v) is 3.38. The van der Waals surface area contributed by atoms with E-state index in [-0.39, 0.29) is 5.91 Å². The number of carbonyl (C=O) groups is 1. The summed E-state index contributed by atoms with van der Waals surface area (Å²) < 4.78 is 16.3. The van der Waals surface area contributed by atoms with Crippen molar-refractivity contribution in [3.8, 4) is 17.2 Å². The van der Waals surface area contributed by atoms with Crippen molar-refractivity contribution in [2.75, 3.05) is 20.3 Å². The summed E-state index contributed by atoms with van der Waals surface area (Å²) in [7, 11) is 1.59. The van der Waals surface area contributed by atoms with Crippen molar-refractivity contribution in [3.05, 3.63) is 54.1 Å². The molecule has 5 heteroatoms. The quantitative estimate of drug-likeness (QED) is 0.757. The molecule has 2 aromatic carbocycles. The first-order chi connectivity index (χ1) is 11.6. The first kappa shape index (κ1) is 17.7. The van der Waals surface area contributed by atoms with Gasteiger partial charge in [-0.2, -0.15) is 0 Å². The van der Waals surface area contributed by atoms with Crippen LogP contribution >= 0.6 is 0 Å². The number of aryl methyl sites for hydroxylation is 1. The van der Waals surface area contributed by atoms with Gasteiger partial charge in [0.25, 0.3) is 5.91 Å². The normalized spacial score (nSPS) is 11.5. The minimum Gasteiger partial charge on any atom is -0.497 e. The molecule has 128 valence electrons. The SMILES string of the molecule is COc1cccc(OC(C)C(=O)NCCOc2cccc(C)c2)c1. The molecule has 2 rings (SSSR count). The number of rotatable bonds is 8. The van der Waals surface area contributed by atoms with Gasteiger partial charge in [0, 0.05) is 6.07 Å². The number of hydrogen-bond acceptors (Lipinski definition) is 4. The van der Waals surface area contributed by atoms with E-state index in [0.717, 1.165) is 11.3 Å². The Kier molecular flexibility index (Phi) is 6.49. The molecule has 0 aliphatic heterocycles. The number of carbonyl (C=O) groups excluding carboxylic acids is 1. The Hall–Kier alpha value is -2.69. The maximum atomic E-state index is 12.0. The summed E-state index contributed by atoms with van der Waals surface area (Å²) in [6, 6.07) is 15.0. The topological polar surface area (TPSA) is 56.8 Å². The van der Waals surface area contributed by atoms with Crippen LogP contribution in [0.3, 0.4) is 0 Å². The zero-order valence-electron chi connectivity index (χ0n) is 14.2. The largest absolute Gasteiger partial charge is 0.497 e. The van der Waals surface area contributed by atoms with E-state index < -0.39 is 6.10 Å². The number of ether oxygens (including phenoxy) is 3. The molecule has 0 radical (unpaired) electrons. The van der Waals surface area contributed by atoms with Gasteiger partial charge in [0.05, 0.1) is 13.7 Å². The van der Waals surface area contributed by atoms with E-state index in [4.69, 9.17) is 14.2 Å². The molecule has 0 saturated heterocycles. The molecule has 1 amide bonds.